The number of nitrogens with zero attached hydrogens (tertiary/aromatic N) is 2. The van der Waals surface area contributed by atoms with Crippen molar-refractivity contribution in [3.05, 3.63) is 58.9 Å². The number of carbonyl (C=O) groups is 1. The molecule has 1 amide bonds. The maximum Gasteiger partial charge on any atom is 0.410 e. The highest BCUT2D eigenvalue weighted by molar-refractivity contribution is 6.29. The standard InChI is InChI=1S/C20H25ClN2O4/c1-20(2,3)23(13-17(25)15-6-9-18(21)22-12-15)19(26)27-11-10-14-4-7-16(24)8-5-14/h4-9,12,17,24-25H,10-11,13H2,1-3H3/t17-/m0/s1. The Hall–Kier alpha value is -2.31. The minimum Gasteiger partial charge on any atom is -0.508 e. The fraction of sp³-hybridized carbons (Fsp3) is 0.400. The van der Waals surface area contributed by atoms with Gasteiger partial charge in [-0.15, -0.1) is 0 Å². The predicted molar refractivity (Wildman–Crippen MR) is 104 cm³/mol. The van der Waals surface area contributed by atoms with Crippen LogP contribution in [-0.2, 0) is 11.2 Å². The lowest BCUT2D eigenvalue weighted by molar-refractivity contribution is 0.0367. The van der Waals surface area contributed by atoms with E-state index in [0.717, 1.165) is 5.56 Å². The second kappa shape index (κ2) is 9.06. The van der Waals surface area contributed by atoms with Gasteiger partial charge in [-0.3, -0.25) is 0 Å². The third-order valence-corrected chi connectivity index (χ3v) is 4.30. The zero-order chi connectivity index (χ0) is 20.0. The Labute approximate surface area is 164 Å². The normalized spacial score (nSPS) is 12.5. The van der Waals surface area contributed by atoms with Crippen LogP contribution in [0.4, 0.5) is 4.79 Å². The molecule has 0 radical (unpaired) electrons. The molecule has 1 aromatic heterocycles. The van der Waals surface area contributed by atoms with Crippen molar-refractivity contribution in [2.45, 2.75) is 38.8 Å². The summed E-state index contributed by atoms with van der Waals surface area (Å²) in [5, 5.41) is 20.1. The SMILES string of the molecule is CC(C)(C)N(C[C@H](O)c1ccc(Cl)nc1)C(=O)OCCc1ccc(O)cc1. The van der Waals surface area contributed by atoms with Gasteiger partial charge in [0.05, 0.1) is 19.3 Å². The van der Waals surface area contributed by atoms with Crippen LogP contribution in [0.5, 0.6) is 5.75 Å². The Morgan fingerprint density at radius 3 is 2.44 bits per heavy atom. The molecule has 0 unspecified atom stereocenters. The third kappa shape index (κ3) is 6.41. The summed E-state index contributed by atoms with van der Waals surface area (Å²) in [7, 11) is 0. The summed E-state index contributed by atoms with van der Waals surface area (Å²) in [5.74, 6) is 0.195. The fourth-order valence-corrected chi connectivity index (χ4v) is 2.59. The summed E-state index contributed by atoms with van der Waals surface area (Å²) >= 11 is 5.77. The molecule has 1 aromatic carbocycles. The highest BCUT2D eigenvalue weighted by Crippen LogP contribution is 2.22. The molecule has 27 heavy (non-hydrogen) atoms. The molecular formula is C20H25ClN2O4. The van der Waals surface area contributed by atoms with Crippen LogP contribution in [-0.4, -0.2) is 44.9 Å². The van der Waals surface area contributed by atoms with Crippen molar-refractivity contribution in [3.8, 4) is 5.75 Å². The smallest absolute Gasteiger partial charge is 0.410 e. The van der Waals surface area contributed by atoms with Gasteiger partial charge in [0.25, 0.3) is 0 Å². The number of phenols is 1. The second-order valence-corrected chi connectivity index (χ2v) is 7.63. The number of phenolic OH excluding ortho intramolecular Hbond substituents is 1. The van der Waals surface area contributed by atoms with E-state index in [1.54, 1.807) is 36.4 Å². The number of halogens is 1. The number of rotatable bonds is 6. The van der Waals surface area contributed by atoms with E-state index in [4.69, 9.17) is 16.3 Å². The van der Waals surface area contributed by atoms with Gasteiger partial charge in [-0.25, -0.2) is 9.78 Å². The van der Waals surface area contributed by atoms with Crippen molar-refractivity contribution in [1.29, 1.82) is 0 Å². The molecule has 7 heteroatoms. The number of amides is 1. The van der Waals surface area contributed by atoms with Gasteiger partial charge >= 0.3 is 6.09 Å². The Morgan fingerprint density at radius 2 is 1.89 bits per heavy atom. The predicted octanol–water partition coefficient (Wildman–Crippen LogP) is 3.95. The number of aromatic hydroxyl groups is 1. The molecule has 0 aliphatic heterocycles. The van der Waals surface area contributed by atoms with Crippen molar-refractivity contribution in [3.63, 3.8) is 0 Å². The average molecular weight is 393 g/mol. The van der Waals surface area contributed by atoms with Gasteiger partial charge in [-0.05, 0) is 44.5 Å². The molecule has 2 N–H and O–H groups in total. The molecule has 2 aromatic rings. The lowest BCUT2D eigenvalue weighted by atomic mass is 10.0. The van der Waals surface area contributed by atoms with Crippen molar-refractivity contribution in [2.75, 3.05) is 13.2 Å². The van der Waals surface area contributed by atoms with E-state index in [-0.39, 0.29) is 18.9 Å². The number of aliphatic hydroxyl groups excluding tert-OH is 1. The second-order valence-electron chi connectivity index (χ2n) is 7.24. The topological polar surface area (TPSA) is 82.9 Å². The first-order valence-electron chi connectivity index (χ1n) is 8.68. The zero-order valence-corrected chi connectivity index (χ0v) is 16.5. The molecule has 146 valence electrons. The maximum atomic E-state index is 12.6. The summed E-state index contributed by atoms with van der Waals surface area (Å²) in [4.78, 5) is 18.0. The third-order valence-electron chi connectivity index (χ3n) is 4.07. The minimum atomic E-state index is -0.904. The molecule has 1 heterocycles. The average Bonchev–Trinajstić information content (AvgIpc) is 2.60. The summed E-state index contributed by atoms with van der Waals surface area (Å²) in [6, 6.07) is 10.0. The first kappa shape index (κ1) is 21.0. The van der Waals surface area contributed by atoms with Crippen LogP contribution in [0.3, 0.4) is 0 Å². The Bertz CT molecular complexity index is 742. The number of hydrogen-bond acceptors (Lipinski definition) is 5. The minimum absolute atomic E-state index is 0.0743. The monoisotopic (exact) mass is 392 g/mol. The van der Waals surface area contributed by atoms with Gasteiger partial charge in [0.15, 0.2) is 0 Å². The van der Waals surface area contributed by atoms with Gasteiger partial charge in [-0.2, -0.15) is 0 Å². The molecule has 0 aliphatic rings. The number of ether oxygens (including phenoxy) is 1. The highest BCUT2D eigenvalue weighted by Gasteiger charge is 2.30. The number of aromatic nitrogens is 1. The van der Waals surface area contributed by atoms with Gasteiger partial charge < -0.3 is 19.8 Å². The van der Waals surface area contributed by atoms with Crippen LogP contribution in [0.15, 0.2) is 42.6 Å². The first-order valence-corrected chi connectivity index (χ1v) is 9.06. The lowest BCUT2D eigenvalue weighted by Crippen LogP contribution is -2.48. The van der Waals surface area contributed by atoms with Crippen molar-refractivity contribution in [2.24, 2.45) is 0 Å². The summed E-state index contributed by atoms with van der Waals surface area (Å²) in [6.07, 6.45) is 0.623. The van der Waals surface area contributed by atoms with E-state index in [0.29, 0.717) is 17.1 Å². The van der Waals surface area contributed by atoms with Crippen molar-refractivity contribution >= 4 is 17.7 Å². The van der Waals surface area contributed by atoms with Gasteiger partial charge in [0.2, 0.25) is 0 Å². The van der Waals surface area contributed by atoms with Gasteiger partial charge in [0.1, 0.15) is 10.9 Å². The molecule has 1 atom stereocenters. The molecule has 0 spiro atoms. The van der Waals surface area contributed by atoms with Crippen LogP contribution < -0.4 is 0 Å². The van der Waals surface area contributed by atoms with Crippen LogP contribution in [0.1, 0.15) is 38.0 Å². The molecule has 6 nitrogen and oxygen atoms in total. The summed E-state index contributed by atoms with van der Waals surface area (Å²) in [6.45, 7) is 5.91. The number of β-amino-alcohol motifs (C(OH)–C–C–N with tert-alkyl or cyclic N) is 1. The van der Waals surface area contributed by atoms with E-state index in [9.17, 15) is 15.0 Å². The summed E-state index contributed by atoms with van der Waals surface area (Å²) < 4.78 is 5.40. The Balaban J connectivity index is 1.96. The van der Waals surface area contributed by atoms with E-state index >= 15 is 0 Å². The zero-order valence-electron chi connectivity index (χ0n) is 15.7. The van der Waals surface area contributed by atoms with Crippen LogP contribution >= 0.6 is 11.6 Å². The van der Waals surface area contributed by atoms with Crippen molar-refractivity contribution in [1.82, 2.24) is 9.88 Å². The van der Waals surface area contributed by atoms with Gasteiger partial charge in [0, 0.05) is 23.7 Å². The van der Waals surface area contributed by atoms with E-state index in [2.05, 4.69) is 4.98 Å². The van der Waals surface area contributed by atoms with Crippen LogP contribution in [0.2, 0.25) is 5.15 Å². The lowest BCUT2D eigenvalue weighted by Gasteiger charge is -2.36. The van der Waals surface area contributed by atoms with Crippen molar-refractivity contribution < 1.29 is 19.7 Å². The fourth-order valence-electron chi connectivity index (χ4n) is 2.48. The molecule has 0 bridgehead atoms. The van der Waals surface area contributed by atoms with E-state index in [1.165, 1.54) is 11.1 Å². The van der Waals surface area contributed by atoms with E-state index < -0.39 is 17.7 Å². The maximum absolute atomic E-state index is 12.6. The largest absolute Gasteiger partial charge is 0.508 e. The number of carbonyl (C=O) groups excluding carboxylic acids is 1. The highest BCUT2D eigenvalue weighted by atomic mass is 35.5. The first-order chi connectivity index (χ1) is 12.7. The number of hydrogen-bond donors (Lipinski definition) is 2. The molecule has 2 rings (SSSR count). The molecule has 0 saturated carbocycles. The number of aliphatic hydroxyl groups is 1. The Kier molecular flexibility index (Phi) is 7.05. The molecule has 0 fully saturated rings. The Morgan fingerprint density at radius 1 is 1.22 bits per heavy atom. The van der Waals surface area contributed by atoms with E-state index in [1.807, 2.05) is 20.8 Å². The molecule has 0 aliphatic carbocycles. The van der Waals surface area contributed by atoms with Crippen LogP contribution in [0.25, 0.3) is 0 Å². The van der Waals surface area contributed by atoms with Gasteiger partial charge in [-0.1, -0.05) is 29.8 Å². The quantitative estimate of drug-likeness (QED) is 0.727. The number of pyridine rings is 1. The molecule has 0 saturated heterocycles. The number of benzene rings is 1. The van der Waals surface area contributed by atoms with Crippen LogP contribution in [0, 0.1) is 0 Å². The summed E-state index contributed by atoms with van der Waals surface area (Å²) in [5.41, 5.74) is 0.997. The molecular weight excluding hydrogens is 368 g/mol.